The van der Waals surface area contributed by atoms with Crippen LogP contribution < -0.4 is 0 Å². The normalized spacial score (nSPS) is 20.1. The molecule has 2 aromatic heterocycles. The Hall–Kier alpha value is -1.52. The van der Waals surface area contributed by atoms with E-state index < -0.39 is 22.0 Å². The number of thiazole rings is 1. The van der Waals surface area contributed by atoms with Crippen LogP contribution in [-0.2, 0) is 23.8 Å². The average molecular weight is 500 g/mol. The summed E-state index contributed by atoms with van der Waals surface area (Å²) in [4.78, 5) is 18.0. The van der Waals surface area contributed by atoms with Crippen molar-refractivity contribution in [3.05, 3.63) is 34.7 Å². The van der Waals surface area contributed by atoms with Crippen molar-refractivity contribution in [2.75, 3.05) is 6.61 Å². The molecular formula is C21H22ClNO5S3. The van der Waals surface area contributed by atoms with Gasteiger partial charge in [0.1, 0.15) is 9.90 Å². The Morgan fingerprint density at radius 3 is 2.68 bits per heavy atom. The van der Waals surface area contributed by atoms with Crippen LogP contribution in [-0.4, -0.2) is 32.1 Å². The predicted octanol–water partition coefficient (Wildman–Crippen LogP) is 5.75. The van der Waals surface area contributed by atoms with Gasteiger partial charge < -0.3 is 8.92 Å². The van der Waals surface area contributed by atoms with Crippen LogP contribution in [0.3, 0.4) is 0 Å². The predicted molar refractivity (Wildman–Crippen MR) is 123 cm³/mol. The van der Waals surface area contributed by atoms with Gasteiger partial charge in [-0.3, -0.25) is 4.79 Å². The zero-order chi connectivity index (χ0) is 22.4. The molecule has 3 aromatic rings. The molecule has 4 rings (SSSR count). The number of carbonyl (C=O) groups is 1. The largest absolute Gasteiger partial charge is 0.378 e. The maximum atomic E-state index is 12.8. The van der Waals surface area contributed by atoms with E-state index in [9.17, 15) is 13.2 Å². The molecule has 2 unspecified atom stereocenters. The number of aromatic nitrogens is 1. The number of fused-ring (bicyclic) bond motifs is 1. The second kappa shape index (κ2) is 8.44. The second-order valence-corrected chi connectivity index (χ2v) is 12.8. The number of halogens is 1. The van der Waals surface area contributed by atoms with Crippen LogP contribution in [0.5, 0.6) is 0 Å². The number of hydrogen-bond acceptors (Lipinski definition) is 8. The lowest BCUT2D eigenvalue weighted by atomic mass is 9.81. The molecule has 0 amide bonds. The van der Waals surface area contributed by atoms with Gasteiger partial charge in [0, 0.05) is 6.61 Å². The fraction of sp³-hybridized carbons (Fsp3) is 0.429. The van der Waals surface area contributed by atoms with E-state index in [0.29, 0.717) is 34.0 Å². The van der Waals surface area contributed by atoms with E-state index >= 15 is 0 Å². The molecule has 166 valence electrons. The summed E-state index contributed by atoms with van der Waals surface area (Å²) in [6, 6.07) is 8.20. The van der Waals surface area contributed by atoms with Gasteiger partial charge in [-0.25, -0.2) is 4.98 Å². The van der Waals surface area contributed by atoms with Crippen molar-refractivity contribution in [1.82, 2.24) is 4.98 Å². The van der Waals surface area contributed by atoms with E-state index in [0.717, 1.165) is 9.88 Å². The van der Waals surface area contributed by atoms with Gasteiger partial charge in [0.05, 0.1) is 31.5 Å². The van der Waals surface area contributed by atoms with Crippen LogP contribution in [0.4, 0.5) is 0 Å². The lowest BCUT2D eigenvalue weighted by molar-refractivity contribution is -0.146. The van der Waals surface area contributed by atoms with Crippen molar-refractivity contribution in [1.29, 1.82) is 0 Å². The third-order valence-corrected chi connectivity index (χ3v) is 8.84. The minimum Gasteiger partial charge on any atom is -0.378 e. The van der Waals surface area contributed by atoms with Crippen LogP contribution in [0.15, 0.2) is 35.2 Å². The van der Waals surface area contributed by atoms with Crippen LogP contribution in [0.1, 0.15) is 33.6 Å². The highest BCUT2D eigenvalue weighted by Gasteiger charge is 2.37. The van der Waals surface area contributed by atoms with Crippen molar-refractivity contribution in [2.45, 2.75) is 44.6 Å². The van der Waals surface area contributed by atoms with Crippen molar-refractivity contribution < 1.29 is 22.1 Å². The molecule has 0 aliphatic carbocycles. The standard InChI is InChI=1S/C21H22ClNO5S3/c1-21(2,3)17-10-12(8-9-27-17)20(24)28-31(25,26)13-4-5-14-16(11-13)30-19(23-14)15-6-7-18(22)29-15/h4-7,11-12,17H,8-10H2,1-3H3. The zero-order valence-corrected chi connectivity index (χ0v) is 20.5. The third-order valence-electron chi connectivity index (χ3n) is 5.21. The molecule has 2 atom stereocenters. The minimum absolute atomic E-state index is 0.0628. The fourth-order valence-electron chi connectivity index (χ4n) is 3.43. The maximum absolute atomic E-state index is 12.8. The Labute approximate surface area is 194 Å². The molecule has 0 spiro atoms. The highest BCUT2D eigenvalue weighted by Crippen LogP contribution is 2.37. The molecule has 1 fully saturated rings. The van der Waals surface area contributed by atoms with Crippen LogP contribution in [0.2, 0.25) is 4.34 Å². The van der Waals surface area contributed by atoms with Gasteiger partial charge in [-0.1, -0.05) is 32.4 Å². The van der Waals surface area contributed by atoms with E-state index in [2.05, 4.69) is 4.98 Å². The van der Waals surface area contributed by atoms with Gasteiger partial charge in [0.15, 0.2) is 0 Å². The summed E-state index contributed by atoms with van der Waals surface area (Å²) in [7, 11) is -4.23. The first-order chi connectivity index (χ1) is 14.5. The second-order valence-electron chi connectivity index (χ2n) is 8.56. The molecule has 0 bridgehead atoms. The topological polar surface area (TPSA) is 82.6 Å². The molecule has 31 heavy (non-hydrogen) atoms. The first-order valence-electron chi connectivity index (χ1n) is 9.79. The lowest BCUT2D eigenvalue weighted by Crippen LogP contribution is -2.39. The van der Waals surface area contributed by atoms with Gasteiger partial charge in [-0.2, -0.15) is 8.42 Å². The molecule has 0 radical (unpaired) electrons. The Morgan fingerprint density at radius 1 is 1.23 bits per heavy atom. The van der Waals surface area contributed by atoms with Gasteiger partial charge in [0.2, 0.25) is 0 Å². The first kappa shape index (κ1) is 22.7. The van der Waals surface area contributed by atoms with E-state index in [1.807, 2.05) is 26.8 Å². The minimum atomic E-state index is -4.23. The summed E-state index contributed by atoms with van der Waals surface area (Å²) in [6.07, 6.45) is 0.763. The summed E-state index contributed by atoms with van der Waals surface area (Å²) in [5, 5.41) is 0.758. The third kappa shape index (κ3) is 4.96. The summed E-state index contributed by atoms with van der Waals surface area (Å²) in [5.41, 5.74) is 0.534. The van der Waals surface area contributed by atoms with Crippen molar-refractivity contribution >= 4 is 60.6 Å². The van der Waals surface area contributed by atoms with Crippen molar-refractivity contribution in [3.63, 3.8) is 0 Å². The van der Waals surface area contributed by atoms with E-state index in [-0.39, 0.29) is 16.4 Å². The molecule has 1 saturated heterocycles. The monoisotopic (exact) mass is 499 g/mol. The zero-order valence-electron chi connectivity index (χ0n) is 17.3. The average Bonchev–Trinajstić information content (AvgIpc) is 3.32. The highest BCUT2D eigenvalue weighted by atomic mass is 35.5. The molecule has 1 aliphatic heterocycles. The number of carbonyl (C=O) groups excluding carboxylic acids is 1. The summed E-state index contributed by atoms with van der Waals surface area (Å²) in [6.45, 7) is 6.50. The van der Waals surface area contributed by atoms with Gasteiger partial charge in [-0.15, -0.1) is 22.7 Å². The Balaban J connectivity index is 1.53. The number of ether oxygens (including phenoxy) is 1. The molecule has 0 saturated carbocycles. The van der Waals surface area contributed by atoms with Crippen LogP contribution >= 0.6 is 34.3 Å². The molecule has 3 heterocycles. The van der Waals surface area contributed by atoms with Crippen LogP contribution in [0.25, 0.3) is 20.1 Å². The van der Waals surface area contributed by atoms with E-state index in [1.54, 1.807) is 12.1 Å². The van der Waals surface area contributed by atoms with Gasteiger partial charge in [-0.05, 0) is 48.6 Å². The number of rotatable bonds is 4. The molecule has 10 heteroatoms. The quantitative estimate of drug-likeness (QED) is 0.425. The number of nitrogens with zero attached hydrogens (tertiary/aromatic N) is 1. The lowest BCUT2D eigenvalue weighted by Gasteiger charge is -2.36. The SMILES string of the molecule is CC(C)(C)C1CC(C(=O)OS(=O)(=O)c2ccc3nc(-c4ccc(Cl)s4)sc3c2)CCO1. The fourth-order valence-corrected chi connectivity index (χ4v) is 6.56. The number of hydrogen-bond donors (Lipinski definition) is 0. The number of benzene rings is 1. The molecule has 1 aliphatic rings. The first-order valence-corrected chi connectivity index (χ1v) is 13.2. The molecular weight excluding hydrogens is 478 g/mol. The molecule has 0 N–H and O–H groups in total. The Kier molecular flexibility index (Phi) is 6.17. The van der Waals surface area contributed by atoms with Crippen LogP contribution in [0, 0.1) is 11.3 Å². The number of thiophene rings is 1. The van der Waals surface area contributed by atoms with E-state index in [4.69, 9.17) is 20.5 Å². The highest BCUT2D eigenvalue weighted by molar-refractivity contribution is 7.87. The van der Waals surface area contributed by atoms with Crippen molar-refractivity contribution in [3.8, 4) is 9.88 Å². The summed E-state index contributed by atoms with van der Waals surface area (Å²) >= 11 is 8.77. The summed E-state index contributed by atoms with van der Waals surface area (Å²) < 4.78 is 37.7. The van der Waals surface area contributed by atoms with Crippen molar-refractivity contribution in [2.24, 2.45) is 11.3 Å². The summed E-state index contributed by atoms with van der Waals surface area (Å²) in [5.74, 6) is -1.23. The molecule has 6 nitrogen and oxygen atoms in total. The van der Waals surface area contributed by atoms with E-state index in [1.165, 1.54) is 34.8 Å². The Morgan fingerprint density at radius 2 is 2.00 bits per heavy atom. The van der Waals surface area contributed by atoms with Gasteiger partial charge >= 0.3 is 16.1 Å². The Bertz CT molecular complexity index is 1230. The smallest absolute Gasteiger partial charge is 0.341 e. The molecule has 1 aromatic carbocycles. The maximum Gasteiger partial charge on any atom is 0.341 e. The van der Waals surface area contributed by atoms with Gasteiger partial charge in [0.25, 0.3) is 0 Å².